The molecule has 2 atom stereocenters. The number of hydrogen-bond acceptors (Lipinski definition) is 10. The van der Waals surface area contributed by atoms with Crippen LogP contribution in [0.25, 0.3) is 21.9 Å². The molecule has 6 rings (SSSR count). The van der Waals surface area contributed by atoms with Crippen molar-refractivity contribution in [2.45, 2.75) is 122 Å². The van der Waals surface area contributed by atoms with Crippen molar-refractivity contribution >= 4 is 53.9 Å². The molecule has 2 aromatic heterocycles. The lowest BCUT2D eigenvalue weighted by atomic mass is 9.93. The first-order valence-corrected chi connectivity index (χ1v) is 26.7. The first-order chi connectivity index (χ1) is 32.4. The summed E-state index contributed by atoms with van der Waals surface area (Å²) in [5.41, 5.74) is 2.30. The van der Waals surface area contributed by atoms with Gasteiger partial charge in [0.1, 0.15) is 22.4 Å². The van der Waals surface area contributed by atoms with E-state index in [4.69, 9.17) is 18.3 Å². The monoisotopic (exact) mass is 984 g/mol. The van der Waals surface area contributed by atoms with Crippen LogP contribution in [-0.4, -0.2) is 74.8 Å². The highest BCUT2D eigenvalue weighted by atomic mass is 32.2. The Labute approximate surface area is 410 Å². The van der Waals surface area contributed by atoms with E-state index >= 15 is 0 Å². The Hall–Kier alpha value is -5.28. The van der Waals surface area contributed by atoms with Crippen LogP contribution in [0.2, 0.25) is 0 Å². The third-order valence-corrected chi connectivity index (χ3v) is 14.7. The van der Waals surface area contributed by atoms with Gasteiger partial charge in [0.15, 0.2) is 0 Å². The highest BCUT2D eigenvalue weighted by Crippen LogP contribution is 2.28. The Kier molecular flexibility index (Phi) is 19.0. The van der Waals surface area contributed by atoms with E-state index in [2.05, 4.69) is 0 Å². The minimum Gasteiger partial charge on any atom is -0.464 e. The fraction of sp³-hybridized carbons (Fsp3) is 0.455. The Morgan fingerprint density at radius 3 is 1.38 bits per heavy atom. The van der Waals surface area contributed by atoms with Crippen LogP contribution < -0.4 is 0 Å². The fourth-order valence-electron chi connectivity index (χ4n) is 8.13. The average Bonchev–Trinajstić information content (AvgIpc) is 3.93. The van der Waals surface area contributed by atoms with E-state index in [-0.39, 0.29) is 64.8 Å². The van der Waals surface area contributed by atoms with Crippen LogP contribution >= 0.6 is 0 Å². The Morgan fingerprint density at radius 2 is 0.942 bits per heavy atom. The zero-order chi connectivity index (χ0) is 50.6. The molecule has 0 fully saturated rings. The van der Waals surface area contributed by atoms with Crippen molar-refractivity contribution in [3.05, 3.63) is 133 Å². The first-order valence-electron chi connectivity index (χ1n) is 23.8. The predicted molar refractivity (Wildman–Crippen MR) is 272 cm³/mol. The van der Waals surface area contributed by atoms with Crippen molar-refractivity contribution < 1.29 is 44.7 Å². The number of furan rings is 2. The number of sulfonamides is 2. The predicted octanol–water partition coefficient (Wildman–Crippen LogP) is 11.7. The molecule has 374 valence electrons. The second kappa shape index (κ2) is 24.0. The van der Waals surface area contributed by atoms with E-state index in [0.717, 1.165) is 21.9 Å². The van der Waals surface area contributed by atoms with Crippen LogP contribution in [0.4, 0.5) is 0 Å². The number of benzene rings is 4. The summed E-state index contributed by atoms with van der Waals surface area (Å²) in [6.45, 7) is 20.3. The smallest absolute Gasteiger partial charge is 0.306 e. The van der Waals surface area contributed by atoms with E-state index in [9.17, 15) is 26.4 Å². The SMILES string of the molecule is CC(C)CN(CC[C@@H](CC(=O)OC(C)(C)C)Cc1ccccc1)S(=O)(=O)c1ccc2occc2c1.CC(C)CN(C[C@@H](CC(=O)OC(C)(C)C)Cc1ccccc1)S(=O)(=O)c1ccc2occc2c1. The van der Waals surface area contributed by atoms with Gasteiger partial charge in [-0.1, -0.05) is 88.4 Å². The van der Waals surface area contributed by atoms with Gasteiger partial charge in [0.25, 0.3) is 0 Å². The van der Waals surface area contributed by atoms with Crippen molar-refractivity contribution in [2.75, 3.05) is 26.2 Å². The Bertz CT molecular complexity index is 2790. The van der Waals surface area contributed by atoms with Crippen molar-refractivity contribution in [1.29, 1.82) is 0 Å². The molecular weight excluding hydrogens is 913 g/mol. The molecule has 0 N–H and O–H groups in total. The molecule has 0 bridgehead atoms. The highest BCUT2D eigenvalue weighted by molar-refractivity contribution is 7.89. The summed E-state index contributed by atoms with van der Waals surface area (Å²) in [7, 11) is -7.50. The van der Waals surface area contributed by atoms with Gasteiger partial charge in [-0.2, -0.15) is 8.61 Å². The third-order valence-electron chi connectivity index (χ3n) is 11.0. The molecule has 4 aromatic carbocycles. The second-order valence-electron chi connectivity index (χ2n) is 20.7. The maximum Gasteiger partial charge on any atom is 0.306 e. The summed E-state index contributed by atoms with van der Waals surface area (Å²) in [6, 6.07) is 33.1. The molecule has 12 nitrogen and oxygen atoms in total. The molecule has 0 spiro atoms. The third kappa shape index (κ3) is 17.3. The summed E-state index contributed by atoms with van der Waals surface area (Å²) >= 11 is 0. The number of fused-ring (bicyclic) bond motifs is 2. The number of ether oxygens (including phenoxy) is 2. The summed E-state index contributed by atoms with van der Waals surface area (Å²) in [4.78, 5) is 25.8. The number of esters is 2. The van der Waals surface area contributed by atoms with E-state index in [1.54, 1.807) is 65.4 Å². The zero-order valence-electron chi connectivity index (χ0n) is 42.0. The van der Waals surface area contributed by atoms with E-state index in [1.807, 2.05) is 130 Å². The normalized spacial score (nSPS) is 13.5. The number of nitrogens with zero attached hydrogens (tertiary/aromatic N) is 2. The van der Waals surface area contributed by atoms with Gasteiger partial charge in [-0.15, -0.1) is 0 Å². The molecule has 6 aromatic rings. The van der Waals surface area contributed by atoms with Crippen molar-refractivity contribution in [2.24, 2.45) is 23.7 Å². The van der Waals surface area contributed by atoms with Crippen LogP contribution in [0.3, 0.4) is 0 Å². The van der Waals surface area contributed by atoms with E-state index in [1.165, 1.54) is 4.31 Å². The van der Waals surface area contributed by atoms with Crippen LogP contribution in [-0.2, 0) is 52.0 Å². The van der Waals surface area contributed by atoms with Gasteiger partial charge in [0.05, 0.1) is 22.3 Å². The lowest BCUT2D eigenvalue weighted by Gasteiger charge is -2.29. The molecule has 0 aliphatic heterocycles. The summed E-state index contributed by atoms with van der Waals surface area (Å²) in [5.74, 6) is -0.596. The maximum absolute atomic E-state index is 13.7. The van der Waals surface area contributed by atoms with Crippen LogP contribution in [0, 0.1) is 23.7 Å². The van der Waals surface area contributed by atoms with Crippen molar-refractivity contribution in [3.63, 3.8) is 0 Å². The number of rotatable bonds is 21. The summed E-state index contributed by atoms with van der Waals surface area (Å²) in [6.07, 6.45) is 5.27. The largest absolute Gasteiger partial charge is 0.464 e. The van der Waals surface area contributed by atoms with Crippen molar-refractivity contribution in [1.82, 2.24) is 8.61 Å². The summed E-state index contributed by atoms with van der Waals surface area (Å²) in [5, 5.41) is 1.49. The number of carbonyl (C=O) groups is 2. The number of carbonyl (C=O) groups excluding carboxylic acids is 2. The second-order valence-corrected chi connectivity index (χ2v) is 24.6. The van der Waals surface area contributed by atoms with Crippen LogP contribution in [0.15, 0.2) is 140 Å². The molecule has 0 unspecified atom stereocenters. The lowest BCUT2D eigenvalue weighted by Crippen LogP contribution is -2.39. The quantitative estimate of drug-likeness (QED) is 0.0637. The van der Waals surface area contributed by atoms with Gasteiger partial charge in [-0.3, -0.25) is 9.59 Å². The average molecular weight is 985 g/mol. The first kappa shape index (κ1) is 54.7. The molecule has 69 heavy (non-hydrogen) atoms. The van der Waals surface area contributed by atoms with Crippen molar-refractivity contribution in [3.8, 4) is 0 Å². The molecule has 0 radical (unpaired) electrons. The van der Waals surface area contributed by atoms with Crippen LogP contribution in [0.5, 0.6) is 0 Å². The topological polar surface area (TPSA) is 154 Å². The Morgan fingerprint density at radius 1 is 0.536 bits per heavy atom. The minimum atomic E-state index is -3.78. The van der Waals surface area contributed by atoms with Crippen LogP contribution in [0.1, 0.15) is 99.6 Å². The highest BCUT2D eigenvalue weighted by Gasteiger charge is 2.31. The Balaban J connectivity index is 0.000000258. The summed E-state index contributed by atoms with van der Waals surface area (Å²) < 4.78 is 79.6. The molecular formula is C55H72N2O10S2. The minimum absolute atomic E-state index is 0.0477. The molecule has 14 heteroatoms. The molecule has 0 aliphatic carbocycles. The van der Waals surface area contributed by atoms with E-state index in [0.29, 0.717) is 50.1 Å². The van der Waals surface area contributed by atoms with Gasteiger partial charge in [-0.05, 0) is 144 Å². The lowest BCUT2D eigenvalue weighted by molar-refractivity contribution is -0.157. The van der Waals surface area contributed by atoms with Gasteiger partial charge in [0.2, 0.25) is 20.0 Å². The van der Waals surface area contributed by atoms with E-state index < -0.39 is 31.2 Å². The molecule has 0 saturated carbocycles. The molecule has 0 aliphatic rings. The maximum atomic E-state index is 13.7. The van der Waals surface area contributed by atoms with Gasteiger partial charge >= 0.3 is 11.9 Å². The zero-order valence-corrected chi connectivity index (χ0v) is 43.6. The van der Waals surface area contributed by atoms with Gasteiger partial charge in [-0.25, -0.2) is 16.8 Å². The molecule has 0 amide bonds. The fourth-order valence-corrected chi connectivity index (χ4v) is 11.5. The molecule has 2 heterocycles. The molecule has 0 saturated heterocycles. The standard InChI is InChI=1S/C28H37NO5S.C27H35NO5S/c1-21(2)20-29(35(31,32)25-11-12-26-24(19-25)14-16-33-26)15-13-23(17-22-9-7-6-8-10-22)18-27(30)34-28(3,4)5;1-20(2)18-28(34(30,31)24-11-12-25-23(17-24)13-14-32-25)19-22(15-21-9-7-6-8-10-21)16-26(29)33-27(3,4)5/h6-12,14,16,19,21,23H,13,15,17-18,20H2,1-5H3;6-14,17,20,22H,15-16,18-19H2,1-5H3/t23-;22-/m11/s1. The van der Waals surface area contributed by atoms with Gasteiger partial charge < -0.3 is 18.3 Å². The van der Waals surface area contributed by atoms with Gasteiger partial charge in [0, 0.05) is 49.8 Å². The number of hydrogen-bond donors (Lipinski definition) is 0.